The second kappa shape index (κ2) is 4.68. The van der Waals surface area contributed by atoms with Gasteiger partial charge in [-0.2, -0.15) is 0 Å². The maximum absolute atomic E-state index is 10.9. The van der Waals surface area contributed by atoms with Gasteiger partial charge < -0.3 is 10.6 Å². The summed E-state index contributed by atoms with van der Waals surface area (Å²) >= 11 is 0. The van der Waals surface area contributed by atoms with Crippen molar-refractivity contribution in [2.45, 2.75) is 25.7 Å². The number of nitrogens with two attached hydrogens (primary N) is 1. The van der Waals surface area contributed by atoms with E-state index in [9.17, 15) is 10.1 Å². The lowest BCUT2D eigenvalue weighted by molar-refractivity contribution is -0.384. The van der Waals surface area contributed by atoms with Gasteiger partial charge in [-0.3, -0.25) is 10.1 Å². The third-order valence-electron chi connectivity index (χ3n) is 3.70. The van der Waals surface area contributed by atoms with Crippen LogP contribution in [-0.4, -0.2) is 23.0 Å². The van der Waals surface area contributed by atoms with Crippen molar-refractivity contribution in [2.75, 3.05) is 23.7 Å². The van der Waals surface area contributed by atoms with Crippen LogP contribution in [0.5, 0.6) is 0 Å². The molecule has 0 spiro atoms. The molecule has 0 radical (unpaired) electrons. The molecule has 1 heterocycles. The number of anilines is 2. The van der Waals surface area contributed by atoms with Gasteiger partial charge in [-0.25, -0.2) is 4.98 Å². The van der Waals surface area contributed by atoms with Crippen molar-refractivity contribution in [2.24, 2.45) is 11.8 Å². The van der Waals surface area contributed by atoms with Crippen LogP contribution in [0, 0.1) is 22.0 Å². The molecule has 2 aliphatic carbocycles. The predicted octanol–water partition coefficient (Wildman–Crippen LogP) is 2.20. The number of nitrogens with zero attached hydrogens (tertiary/aromatic N) is 3. The largest absolute Gasteiger partial charge is 0.383 e. The number of hydrogen-bond donors (Lipinski definition) is 1. The van der Waals surface area contributed by atoms with E-state index in [1.165, 1.54) is 31.7 Å². The topological polar surface area (TPSA) is 85.3 Å². The van der Waals surface area contributed by atoms with Gasteiger partial charge in [0.25, 0.3) is 5.69 Å². The zero-order chi connectivity index (χ0) is 13.4. The van der Waals surface area contributed by atoms with Crippen molar-refractivity contribution >= 4 is 17.3 Å². The summed E-state index contributed by atoms with van der Waals surface area (Å²) in [7, 11) is 0. The smallest absolute Gasteiger partial charge is 0.276 e. The molecule has 1 aromatic rings. The lowest BCUT2D eigenvalue weighted by Crippen LogP contribution is -2.29. The first-order valence-electron chi connectivity index (χ1n) is 6.78. The van der Waals surface area contributed by atoms with Crippen LogP contribution in [0.2, 0.25) is 0 Å². The molecule has 0 atom stereocenters. The first kappa shape index (κ1) is 12.2. The number of nitro groups is 1. The van der Waals surface area contributed by atoms with Crippen LogP contribution in [-0.2, 0) is 0 Å². The van der Waals surface area contributed by atoms with E-state index >= 15 is 0 Å². The highest BCUT2D eigenvalue weighted by molar-refractivity contribution is 5.54. The van der Waals surface area contributed by atoms with Gasteiger partial charge >= 0.3 is 0 Å². The van der Waals surface area contributed by atoms with E-state index in [-0.39, 0.29) is 11.5 Å². The number of rotatable bonds is 6. The molecule has 0 aromatic carbocycles. The fourth-order valence-electron chi connectivity index (χ4n) is 2.28. The van der Waals surface area contributed by atoms with E-state index in [2.05, 4.69) is 9.88 Å². The first-order valence-corrected chi connectivity index (χ1v) is 6.78. The summed E-state index contributed by atoms with van der Waals surface area (Å²) in [5.74, 6) is 2.33. The molecule has 2 N–H and O–H groups in total. The van der Waals surface area contributed by atoms with Crippen LogP contribution in [0.4, 0.5) is 17.3 Å². The fraction of sp³-hybridized carbons (Fsp3) is 0.615. The van der Waals surface area contributed by atoms with Gasteiger partial charge in [0.2, 0.25) is 0 Å². The summed E-state index contributed by atoms with van der Waals surface area (Å²) in [4.78, 5) is 16.9. The Kier molecular flexibility index (Phi) is 3.00. The summed E-state index contributed by atoms with van der Waals surface area (Å²) in [6.45, 7) is 1.90. The molecule has 19 heavy (non-hydrogen) atoms. The maximum atomic E-state index is 10.9. The summed E-state index contributed by atoms with van der Waals surface area (Å²) in [5, 5.41) is 10.9. The van der Waals surface area contributed by atoms with Gasteiger partial charge in [0.1, 0.15) is 11.6 Å². The minimum atomic E-state index is -0.409. The molecule has 2 saturated carbocycles. The van der Waals surface area contributed by atoms with Crippen molar-refractivity contribution < 1.29 is 4.92 Å². The molecule has 6 nitrogen and oxygen atoms in total. The maximum Gasteiger partial charge on any atom is 0.276 e. The Morgan fingerprint density at radius 2 is 1.84 bits per heavy atom. The van der Waals surface area contributed by atoms with E-state index in [1.54, 1.807) is 6.07 Å². The van der Waals surface area contributed by atoms with E-state index in [0.717, 1.165) is 24.9 Å². The minimum absolute atomic E-state index is 0.0269. The standard InChI is InChI=1S/C13H18N4O2/c14-12-5-11(17(18)19)6-13(15-12)16(7-9-1-2-9)8-10-3-4-10/h5-6,9-10H,1-4,7-8H2,(H2,14,15). The van der Waals surface area contributed by atoms with Crippen LogP contribution >= 0.6 is 0 Å². The van der Waals surface area contributed by atoms with Crippen molar-refractivity contribution in [3.8, 4) is 0 Å². The molecule has 3 rings (SSSR count). The molecule has 2 aliphatic rings. The zero-order valence-corrected chi connectivity index (χ0v) is 10.8. The molecular formula is C13H18N4O2. The Hall–Kier alpha value is -1.85. The second-order valence-electron chi connectivity index (χ2n) is 5.66. The molecule has 0 amide bonds. The van der Waals surface area contributed by atoms with Gasteiger partial charge in [0, 0.05) is 13.1 Å². The average molecular weight is 262 g/mol. The zero-order valence-electron chi connectivity index (χ0n) is 10.8. The van der Waals surface area contributed by atoms with Crippen molar-refractivity contribution in [1.82, 2.24) is 4.98 Å². The monoisotopic (exact) mass is 262 g/mol. The van der Waals surface area contributed by atoms with E-state index in [0.29, 0.717) is 5.82 Å². The van der Waals surface area contributed by atoms with Gasteiger partial charge in [-0.15, -0.1) is 0 Å². The predicted molar refractivity (Wildman–Crippen MR) is 73.0 cm³/mol. The van der Waals surface area contributed by atoms with Crippen molar-refractivity contribution in [1.29, 1.82) is 0 Å². The highest BCUT2D eigenvalue weighted by Crippen LogP contribution is 2.36. The Morgan fingerprint density at radius 1 is 1.26 bits per heavy atom. The number of pyridine rings is 1. The van der Waals surface area contributed by atoms with Crippen LogP contribution < -0.4 is 10.6 Å². The fourth-order valence-corrected chi connectivity index (χ4v) is 2.28. The molecule has 102 valence electrons. The number of hydrogen-bond acceptors (Lipinski definition) is 5. The van der Waals surface area contributed by atoms with Gasteiger partial charge in [0.15, 0.2) is 0 Å². The summed E-state index contributed by atoms with van der Waals surface area (Å²) in [5.41, 5.74) is 5.71. The van der Waals surface area contributed by atoms with Crippen LogP contribution in [0.15, 0.2) is 12.1 Å². The Morgan fingerprint density at radius 3 is 2.32 bits per heavy atom. The van der Waals surface area contributed by atoms with E-state index < -0.39 is 4.92 Å². The van der Waals surface area contributed by atoms with Crippen LogP contribution in [0.3, 0.4) is 0 Å². The third kappa shape index (κ3) is 3.13. The molecular weight excluding hydrogens is 244 g/mol. The Bertz CT molecular complexity index is 483. The third-order valence-corrected chi connectivity index (χ3v) is 3.70. The van der Waals surface area contributed by atoms with Crippen LogP contribution in [0.25, 0.3) is 0 Å². The number of aromatic nitrogens is 1. The molecule has 0 saturated heterocycles. The van der Waals surface area contributed by atoms with Crippen molar-refractivity contribution in [3.63, 3.8) is 0 Å². The average Bonchev–Trinajstić information content (AvgIpc) is 3.22. The van der Waals surface area contributed by atoms with Gasteiger partial charge in [0.05, 0.1) is 17.1 Å². The molecule has 1 aromatic heterocycles. The molecule has 0 bridgehead atoms. The quantitative estimate of drug-likeness (QED) is 0.627. The van der Waals surface area contributed by atoms with Gasteiger partial charge in [-0.1, -0.05) is 0 Å². The molecule has 6 heteroatoms. The summed E-state index contributed by atoms with van der Waals surface area (Å²) in [6.07, 6.45) is 5.02. The Labute approximate surface area is 111 Å². The minimum Gasteiger partial charge on any atom is -0.383 e. The summed E-state index contributed by atoms with van der Waals surface area (Å²) < 4.78 is 0. The molecule has 0 unspecified atom stereocenters. The lowest BCUT2D eigenvalue weighted by atomic mass is 10.3. The van der Waals surface area contributed by atoms with Crippen LogP contribution in [0.1, 0.15) is 25.7 Å². The second-order valence-corrected chi connectivity index (χ2v) is 5.66. The Balaban J connectivity index is 1.84. The molecule has 2 fully saturated rings. The van der Waals surface area contributed by atoms with Crippen molar-refractivity contribution in [3.05, 3.63) is 22.2 Å². The normalized spacial score (nSPS) is 18.3. The number of nitrogen functional groups attached to an aromatic ring is 1. The molecule has 0 aliphatic heterocycles. The SMILES string of the molecule is Nc1cc([N+](=O)[O-])cc(N(CC2CC2)CC2CC2)n1. The lowest BCUT2D eigenvalue weighted by Gasteiger charge is -2.23. The highest BCUT2D eigenvalue weighted by atomic mass is 16.6. The van der Waals surface area contributed by atoms with Gasteiger partial charge in [-0.05, 0) is 37.5 Å². The summed E-state index contributed by atoms with van der Waals surface area (Å²) in [6, 6.07) is 2.86. The highest BCUT2D eigenvalue weighted by Gasteiger charge is 2.30. The van der Waals surface area contributed by atoms with E-state index in [1.807, 2.05) is 0 Å². The first-order chi connectivity index (χ1) is 9.11. The van der Waals surface area contributed by atoms with E-state index in [4.69, 9.17) is 5.73 Å².